The van der Waals surface area contributed by atoms with Crippen LogP contribution in [0.2, 0.25) is 0 Å². The summed E-state index contributed by atoms with van der Waals surface area (Å²) in [4.78, 5) is 2.37. The van der Waals surface area contributed by atoms with Crippen molar-refractivity contribution in [2.75, 3.05) is 11.9 Å². The fraction of sp³-hybridized carbons (Fsp3) is 0.0370. The molecule has 0 fully saturated rings. The van der Waals surface area contributed by atoms with Crippen LogP contribution in [-0.2, 0) is 0 Å². The van der Waals surface area contributed by atoms with Gasteiger partial charge in [0.05, 0.1) is 5.69 Å². The van der Waals surface area contributed by atoms with Gasteiger partial charge in [0, 0.05) is 29.2 Å². The van der Waals surface area contributed by atoms with Crippen LogP contribution in [0.15, 0.2) is 97.1 Å². The van der Waals surface area contributed by atoms with Gasteiger partial charge in [-0.15, -0.1) is 0 Å². The Balaban J connectivity index is 1.93. The van der Waals surface area contributed by atoms with Crippen molar-refractivity contribution in [2.45, 2.75) is 0 Å². The number of fused-ring (bicyclic) bond motifs is 10. The van der Waals surface area contributed by atoms with Gasteiger partial charge in [-0.05, 0) is 33.4 Å². The van der Waals surface area contributed by atoms with Crippen molar-refractivity contribution < 1.29 is 0 Å². The second-order valence-corrected chi connectivity index (χ2v) is 7.44. The summed E-state index contributed by atoms with van der Waals surface area (Å²) in [6, 6.07) is 35.1. The van der Waals surface area contributed by atoms with Crippen molar-refractivity contribution in [3.63, 3.8) is 0 Å². The maximum absolute atomic E-state index is 2.37. The molecule has 6 rings (SSSR count). The summed E-state index contributed by atoms with van der Waals surface area (Å²) in [6.45, 7) is 0. The first-order chi connectivity index (χ1) is 13.8. The molecule has 1 heteroatoms. The molecule has 5 aromatic carbocycles. The van der Waals surface area contributed by atoms with Crippen LogP contribution in [0.3, 0.4) is 0 Å². The van der Waals surface area contributed by atoms with E-state index in [4.69, 9.17) is 0 Å². The van der Waals surface area contributed by atoms with E-state index in [0.29, 0.717) is 0 Å². The zero-order valence-corrected chi connectivity index (χ0v) is 15.7. The van der Waals surface area contributed by atoms with Gasteiger partial charge < -0.3 is 4.90 Å². The van der Waals surface area contributed by atoms with Gasteiger partial charge in [0.1, 0.15) is 0 Å². The molecule has 0 spiro atoms. The number of hydrogen-bond acceptors (Lipinski definition) is 1. The van der Waals surface area contributed by atoms with Crippen LogP contribution in [0.5, 0.6) is 0 Å². The molecule has 0 bridgehead atoms. The third-order valence-corrected chi connectivity index (χ3v) is 5.99. The largest absolute Gasteiger partial charge is 0.343 e. The van der Waals surface area contributed by atoms with Gasteiger partial charge in [-0.2, -0.15) is 0 Å². The van der Waals surface area contributed by atoms with Gasteiger partial charge >= 0.3 is 0 Å². The van der Waals surface area contributed by atoms with Gasteiger partial charge in [-0.3, -0.25) is 0 Å². The molecule has 5 aromatic rings. The highest BCUT2D eigenvalue weighted by molar-refractivity contribution is 6.23. The predicted molar refractivity (Wildman–Crippen MR) is 120 cm³/mol. The van der Waals surface area contributed by atoms with E-state index in [1.807, 2.05) is 0 Å². The third kappa shape index (κ3) is 1.96. The Morgan fingerprint density at radius 2 is 0.964 bits per heavy atom. The number of anilines is 2. The third-order valence-electron chi connectivity index (χ3n) is 5.99. The number of hydrogen-bond donors (Lipinski definition) is 0. The predicted octanol–water partition coefficient (Wildman–Crippen LogP) is 7.41. The molecule has 0 radical (unpaired) electrons. The Hall–Kier alpha value is -3.58. The zero-order chi connectivity index (χ0) is 18.7. The Labute approximate surface area is 164 Å². The highest BCUT2D eigenvalue weighted by Gasteiger charge is 2.26. The van der Waals surface area contributed by atoms with E-state index in [0.717, 1.165) is 0 Å². The topological polar surface area (TPSA) is 3.24 Å². The second-order valence-electron chi connectivity index (χ2n) is 7.44. The maximum atomic E-state index is 2.37. The fourth-order valence-electron chi connectivity index (χ4n) is 4.79. The van der Waals surface area contributed by atoms with E-state index in [-0.39, 0.29) is 0 Å². The van der Waals surface area contributed by atoms with Crippen molar-refractivity contribution >= 4 is 32.9 Å². The van der Waals surface area contributed by atoms with E-state index >= 15 is 0 Å². The van der Waals surface area contributed by atoms with Crippen LogP contribution in [-0.4, -0.2) is 7.05 Å². The lowest BCUT2D eigenvalue weighted by Crippen LogP contribution is -2.11. The van der Waals surface area contributed by atoms with Crippen molar-refractivity contribution in [2.24, 2.45) is 0 Å². The summed E-state index contributed by atoms with van der Waals surface area (Å²) in [5, 5.41) is 5.22. The Morgan fingerprint density at radius 1 is 0.464 bits per heavy atom. The van der Waals surface area contributed by atoms with E-state index < -0.39 is 0 Å². The first kappa shape index (κ1) is 15.5. The highest BCUT2D eigenvalue weighted by Crippen LogP contribution is 2.52. The first-order valence-electron chi connectivity index (χ1n) is 9.70. The van der Waals surface area contributed by atoms with E-state index in [9.17, 15) is 0 Å². The van der Waals surface area contributed by atoms with Crippen molar-refractivity contribution in [1.29, 1.82) is 0 Å². The quantitative estimate of drug-likeness (QED) is 0.261. The summed E-state index contributed by atoms with van der Waals surface area (Å²) < 4.78 is 0. The van der Waals surface area contributed by atoms with Crippen molar-refractivity contribution in [3.05, 3.63) is 97.1 Å². The number of para-hydroxylation sites is 1. The molecule has 132 valence electrons. The molecule has 0 saturated heterocycles. The van der Waals surface area contributed by atoms with E-state index in [1.54, 1.807) is 0 Å². The van der Waals surface area contributed by atoms with Gasteiger partial charge in [0.2, 0.25) is 0 Å². The second kappa shape index (κ2) is 5.71. The molecule has 0 aromatic heterocycles. The van der Waals surface area contributed by atoms with Crippen LogP contribution in [0.1, 0.15) is 0 Å². The summed E-state index contributed by atoms with van der Waals surface area (Å²) in [7, 11) is 2.20. The van der Waals surface area contributed by atoms with Gasteiger partial charge in [0.15, 0.2) is 0 Å². The van der Waals surface area contributed by atoms with Gasteiger partial charge in [-0.1, -0.05) is 91.0 Å². The molecular formula is C27H19N. The molecule has 0 atom stereocenters. The Kier molecular flexibility index (Phi) is 3.15. The molecule has 0 unspecified atom stereocenters. The first-order valence-corrected chi connectivity index (χ1v) is 9.70. The summed E-state index contributed by atoms with van der Waals surface area (Å²) >= 11 is 0. The smallest absolute Gasteiger partial charge is 0.0574 e. The average Bonchev–Trinajstić information content (AvgIpc) is 2.88. The average molecular weight is 357 g/mol. The van der Waals surface area contributed by atoms with Crippen molar-refractivity contribution in [1.82, 2.24) is 0 Å². The lowest BCUT2D eigenvalue weighted by molar-refractivity contribution is 1.23. The summed E-state index contributed by atoms with van der Waals surface area (Å²) in [5.41, 5.74) is 7.73. The van der Waals surface area contributed by atoms with Crippen LogP contribution in [0.25, 0.3) is 43.8 Å². The van der Waals surface area contributed by atoms with Gasteiger partial charge in [-0.25, -0.2) is 0 Å². The van der Waals surface area contributed by atoms with Crippen molar-refractivity contribution in [3.8, 4) is 22.3 Å². The maximum Gasteiger partial charge on any atom is 0.0574 e. The number of nitrogens with zero attached hydrogens (tertiary/aromatic N) is 1. The zero-order valence-electron chi connectivity index (χ0n) is 15.7. The van der Waals surface area contributed by atoms with E-state index in [2.05, 4.69) is 109 Å². The number of benzene rings is 5. The Morgan fingerprint density at radius 3 is 1.71 bits per heavy atom. The summed E-state index contributed by atoms with van der Waals surface area (Å²) in [6.07, 6.45) is 0. The molecule has 0 aliphatic carbocycles. The molecule has 1 nitrogen and oxygen atoms in total. The minimum atomic E-state index is 1.24. The fourth-order valence-corrected chi connectivity index (χ4v) is 4.79. The normalized spacial score (nSPS) is 12.4. The number of rotatable bonds is 0. The molecular weight excluding hydrogens is 338 g/mol. The minimum Gasteiger partial charge on any atom is -0.343 e. The molecule has 0 saturated carbocycles. The molecule has 1 heterocycles. The molecule has 1 aliphatic rings. The van der Waals surface area contributed by atoms with E-state index in [1.165, 1.54) is 55.2 Å². The van der Waals surface area contributed by atoms with Crippen LogP contribution >= 0.6 is 0 Å². The van der Waals surface area contributed by atoms with Crippen LogP contribution in [0, 0.1) is 0 Å². The molecule has 0 N–H and O–H groups in total. The lowest BCUT2D eigenvalue weighted by Gasteiger charge is -2.25. The SMILES string of the molecule is CN1c2ccccc2-c2ccccc2-c2c1c1ccccc1c1ccccc21. The summed E-state index contributed by atoms with van der Waals surface area (Å²) in [5.74, 6) is 0. The van der Waals surface area contributed by atoms with Gasteiger partial charge in [0.25, 0.3) is 0 Å². The Bertz CT molecular complexity index is 1380. The molecule has 0 amide bonds. The minimum absolute atomic E-state index is 1.24. The standard InChI is InChI=1S/C27H19N/c1-28-25-17-9-8-13-21(25)20-12-3-6-15-23(20)26-22-14-5-2-10-18(22)19-11-4-7-16-24(19)27(26)28/h2-17H,1H3. The highest BCUT2D eigenvalue weighted by atomic mass is 15.1. The molecule has 28 heavy (non-hydrogen) atoms. The molecule has 1 aliphatic heterocycles. The lowest BCUT2D eigenvalue weighted by atomic mass is 9.88. The van der Waals surface area contributed by atoms with Crippen LogP contribution < -0.4 is 4.90 Å². The van der Waals surface area contributed by atoms with Crippen LogP contribution in [0.4, 0.5) is 11.4 Å². The monoisotopic (exact) mass is 357 g/mol.